The van der Waals surface area contributed by atoms with E-state index in [-0.39, 0.29) is 5.91 Å². The average Bonchev–Trinajstić information content (AvgIpc) is 3.03. The van der Waals surface area contributed by atoms with Gasteiger partial charge in [-0.15, -0.1) is 10.2 Å². The summed E-state index contributed by atoms with van der Waals surface area (Å²) in [4.78, 5) is 11.8. The Balaban J connectivity index is 1.75. The van der Waals surface area contributed by atoms with Crippen LogP contribution in [0, 0.1) is 0 Å². The van der Waals surface area contributed by atoms with Gasteiger partial charge >= 0.3 is 0 Å². The predicted octanol–water partition coefficient (Wildman–Crippen LogP) is 2.99. The highest BCUT2D eigenvalue weighted by atomic mass is 16.3. The van der Waals surface area contributed by atoms with Gasteiger partial charge in [0.25, 0.3) is 5.91 Å². The Bertz CT molecular complexity index is 692. The van der Waals surface area contributed by atoms with E-state index < -0.39 is 0 Å². The lowest BCUT2D eigenvalue weighted by Gasteiger charge is -2.03. The number of furan rings is 1. The van der Waals surface area contributed by atoms with E-state index in [1.807, 2.05) is 36.4 Å². The lowest BCUT2D eigenvalue weighted by molar-refractivity contribution is 0.102. The Kier molecular flexibility index (Phi) is 3.24. The normalized spacial score (nSPS) is 10.2. The van der Waals surface area contributed by atoms with Crippen molar-refractivity contribution in [2.24, 2.45) is 0 Å². The molecular weight excluding hydrogens is 254 g/mol. The van der Waals surface area contributed by atoms with Gasteiger partial charge in [0.1, 0.15) is 6.26 Å². The number of carbonyl (C=O) groups is 1. The minimum atomic E-state index is -0.277. The van der Waals surface area contributed by atoms with Crippen molar-refractivity contribution >= 4 is 11.7 Å². The summed E-state index contributed by atoms with van der Waals surface area (Å²) in [7, 11) is 0. The molecule has 0 fully saturated rings. The van der Waals surface area contributed by atoms with Crippen LogP contribution < -0.4 is 5.32 Å². The number of nitrogens with one attached hydrogen (secondary N) is 1. The van der Waals surface area contributed by atoms with Gasteiger partial charge in [0, 0.05) is 5.56 Å². The summed E-state index contributed by atoms with van der Waals surface area (Å²) in [5.41, 5.74) is 2.18. The zero-order valence-corrected chi connectivity index (χ0v) is 10.5. The van der Waals surface area contributed by atoms with Crippen molar-refractivity contribution in [1.82, 2.24) is 10.2 Å². The molecule has 0 aliphatic heterocycles. The minimum Gasteiger partial charge on any atom is -0.472 e. The molecule has 1 amide bonds. The first-order chi connectivity index (χ1) is 9.83. The number of aromatic nitrogens is 2. The van der Waals surface area contributed by atoms with E-state index >= 15 is 0 Å². The van der Waals surface area contributed by atoms with Crippen LogP contribution in [0.3, 0.4) is 0 Å². The monoisotopic (exact) mass is 265 g/mol. The molecule has 2 aromatic heterocycles. The van der Waals surface area contributed by atoms with Gasteiger partial charge in [-0.05, 0) is 18.2 Å². The van der Waals surface area contributed by atoms with Crippen molar-refractivity contribution < 1.29 is 9.21 Å². The quantitative estimate of drug-likeness (QED) is 0.790. The van der Waals surface area contributed by atoms with Crippen LogP contribution >= 0.6 is 0 Å². The smallest absolute Gasteiger partial charge is 0.260 e. The number of nitrogens with zero attached hydrogens (tertiary/aromatic N) is 2. The third kappa shape index (κ3) is 2.56. The van der Waals surface area contributed by atoms with Gasteiger partial charge in [0.05, 0.1) is 17.5 Å². The third-order valence-corrected chi connectivity index (χ3v) is 2.76. The number of carbonyl (C=O) groups excluding carboxylic acids is 1. The molecule has 2 heterocycles. The zero-order chi connectivity index (χ0) is 13.8. The second-order valence-corrected chi connectivity index (χ2v) is 4.14. The summed E-state index contributed by atoms with van der Waals surface area (Å²) in [6.07, 6.45) is 2.82. The fourth-order valence-electron chi connectivity index (χ4n) is 1.74. The molecule has 5 heteroatoms. The van der Waals surface area contributed by atoms with Gasteiger partial charge in [0.15, 0.2) is 5.82 Å². The zero-order valence-electron chi connectivity index (χ0n) is 10.5. The van der Waals surface area contributed by atoms with E-state index in [0.717, 1.165) is 11.3 Å². The average molecular weight is 265 g/mol. The number of hydrogen-bond acceptors (Lipinski definition) is 4. The van der Waals surface area contributed by atoms with Crippen LogP contribution in [0.1, 0.15) is 10.4 Å². The summed E-state index contributed by atoms with van der Waals surface area (Å²) >= 11 is 0. The summed E-state index contributed by atoms with van der Waals surface area (Å²) in [5.74, 6) is 0.122. The molecular formula is C15H11N3O2. The number of hydrogen-bond donors (Lipinski definition) is 1. The van der Waals surface area contributed by atoms with Gasteiger partial charge in [-0.1, -0.05) is 30.3 Å². The molecule has 98 valence electrons. The van der Waals surface area contributed by atoms with Crippen LogP contribution in [0.4, 0.5) is 5.82 Å². The Morgan fingerprint density at radius 3 is 2.50 bits per heavy atom. The lowest BCUT2D eigenvalue weighted by Crippen LogP contribution is -2.12. The molecule has 1 aromatic carbocycles. The van der Waals surface area contributed by atoms with Crippen molar-refractivity contribution in [2.75, 3.05) is 5.32 Å². The van der Waals surface area contributed by atoms with Crippen molar-refractivity contribution in [3.63, 3.8) is 0 Å². The Morgan fingerprint density at radius 2 is 1.85 bits per heavy atom. The second kappa shape index (κ2) is 5.36. The first kappa shape index (κ1) is 12.1. The third-order valence-electron chi connectivity index (χ3n) is 2.76. The van der Waals surface area contributed by atoms with Crippen LogP contribution in [0.2, 0.25) is 0 Å². The van der Waals surface area contributed by atoms with Crippen LogP contribution in [0.15, 0.2) is 65.5 Å². The Labute approximate surface area is 115 Å². The fraction of sp³-hybridized carbons (Fsp3) is 0. The van der Waals surface area contributed by atoms with E-state index in [1.165, 1.54) is 12.5 Å². The molecule has 0 aliphatic rings. The van der Waals surface area contributed by atoms with Gasteiger partial charge in [0.2, 0.25) is 0 Å². The molecule has 1 N–H and O–H groups in total. The van der Waals surface area contributed by atoms with Gasteiger partial charge < -0.3 is 9.73 Å². The number of anilines is 1. The molecule has 3 aromatic rings. The molecule has 0 aliphatic carbocycles. The summed E-state index contributed by atoms with van der Waals surface area (Å²) in [6, 6.07) is 14.8. The Morgan fingerprint density at radius 1 is 1.00 bits per heavy atom. The van der Waals surface area contributed by atoms with Crippen molar-refractivity contribution in [3.05, 3.63) is 66.6 Å². The largest absolute Gasteiger partial charge is 0.472 e. The van der Waals surface area contributed by atoms with Gasteiger partial charge in [-0.3, -0.25) is 4.79 Å². The van der Waals surface area contributed by atoms with E-state index in [2.05, 4.69) is 15.5 Å². The molecule has 0 spiro atoms. The first-order valence-electron chi connectivity index (χ1n) is 6.05. The van der Waals surface area contributed by atoms with Crippen molar-refractivity contribution in [1.29, 1.82) is 0 Å². The number of benzene rings is 1. The second-order valence-electron chi connectivity index (χ2n) is 4.14. The number of rotatable bonds is 3. The van der Waals surface area contributed by atoms with E-state index in [9.17, 15) is 4.79 Å². The Hall–Kier alpha value is -2.95. The molecule has 0 saturated heterocycles. The minimum absolute atomic E-state index is 0.277. The molecule has 20 heavy (non-hydrogen) atoms. The van der Waals surface area contributed by atoms with Gasteiger partial charge in [-0.25, -0.2) is 0 Å². The maximum absolute atomic E-state index is 11.8. The lowest BCUT2D eigenvalue weighted by atomic mass is 10.1. The van der Waals surface area contributed by atoms with E-state index in [0.29, 0.717) is 11.4 Å². The van der Waals surface area contributed by atoms with Crippen LogP contribution in [-0.4, -0.2) is 16.1 Å². The molecule has 5 nitrogen and oxygen atoms in total. The summed E-state index contributed by atoms with van der Waals surface area (Å²) < 4.78 is 4.85. The molecule has 0 radical (unpaired) electrons. The molecule has 0 bridgehead atoms. The topological polar surface area (TPSA) is 68.0 Å². The first-order valence-corrected chi connectivity index (χ1v) is 6.05. The van der Waals surface area contributed by atoms with Crippen LogP contribution in [0.25, 0.3) is 11.3 Å². The highest BCUT2D eigenvalue weighted by Gasteiger charge is 2.08. The fourth-order valence-corrected chi connectivity index (χ4v) is 1.74. The highest BCUT2D eigenvalue weighted by molar-refractivity contribution is 6.03. The van der Waals surface area contributed by atoms with Crippen molar-refractivity contribution in [3.8, 4) is 11.3 Å². The molecule has 0 saturated carbocycles. The molecule has 3 rings (SSSR count). The summed E-state index contributed by atoms with van der Waals surface area (Å²) in [5, 5.41) is 10.7. The number of amides is 1. The van der Waals surface area contributed by atoms with Crippen molar-refractivity contribution in [2.45, 2.75) is 0 Å². The highest BCUT2D eigenvalue weighted by Crippen LogP contribution is 2.16. The van der Waals surface area contributed by atoms with E-state index in [1.54, 1.807) is 12.1 Å². The maximum Gasteiger partial charge on any atom is 0.260 e. The predicted molar refractivity (Wildman–Crippen MR) is 74.1 cm³/mol. The van der Waals surface area contributed by atoms with E-state index in [4.69, 9.17) is 4.42 Å². The van der Waals surface area contributed by atoms with Gasteiger partial charge in [-0.2, -0.15) is 0 Å². The maximum atomic E-state index is 11.8. The van der Waals surface area contributed by atoms with Crippen LogP contribution in [-0.2, 0) is 0 Å². The standard InChI is InChI=1S/C15H11N3O2/c19-15(12-8-9-20-10-12)16-14-7-6-13(17-18-14)11-4-2-1-3-5-11/h1-10H,(H,16,18,19). The SMILES string of the molecule is O=C(Nc1ccc(-c2ccccc2)nn1)c1ccoc1. The van der Waals surface area contributed by atoms with Crippen LogP contribution in [0.5, 0.6) is 0 Å². The molecule has 0 atom stereocenters. The summed E-state index contributed by atoms with van der Waals surface area (Å²) in [6.45, 7) is 0. The molecule has 0 unspecified atom stereocenters.